The highest BCUT2D eigenvalue weighted by Gasteiger charge is 2.15. The highest BCUT2D eigenvalue weighted by molar-refractivity contribution is 6.07. The number of carbonyl (C=O) groups excluding carboxylic acids is 1. The third-order valence-corrected chi connectivity index (χ3v) is 3.66. The summed E-state index contributed by atoms with van der Waals surface area (Å²) in [5, 5.41) is 1.12. The first-order valence-corrected chi connectivity index (χ1v) is 7.09. The van der Waals surface area contributed by atoms with Crippen molar-refractivity contribution < 1.29 is 9.21 Å². The van der Waals surface area contributed by atoms with Crippen LogP contribution in [-0.2, 0) is 0 Å². The van der Waals surface area contributed by atoms with Crippen LogP contribution < -0.4 is 0 Å². The fourth-order valence-corrected chi connectivity index (χ4v) is 2.54. The van der Waals surface area contributed by atoms with Gasteiger partial charge in [-0.25, -0.2) is 0 Å². The second-order valence-corrected chi connectivity index (χ2v) is 5.13. The number of rotatable bonds is 3. The Hall–Kier alpha value is -3.07. The van der Waals surface area contributed by atoms with E-state index in [0.717, 1.165) is 16.6 Å². The van der Waals surface area contributed by atoms with Crippen LogP contribution in [0.5, 0.6) is 0 Å². The molecule has 0 atom stereocenters. The van der Waals surface area contributed by atoms with Crippen molar-refractivity contribution in [1.29, 1.82) is 0 Å². The molecule has 0 radical (unpaired) electrons. The fraction of sp³-hybridized carbons (Fsp3) is 0. The summed E-state index contributed by atoms with van der Waals surface area (Å²) in [6.07, 6.45) is 0. The summed E-state index contributed by atoms with van der Waals surface area (Å²) < 4.78 is 5.73. The first kappa shape index (κ1) is 12.7. The van der Waals surface area contributed by atoms with Crippen LogP contribution in [0.1, 0.15) is 16.1 Å². The number of fused-ring (bicyclic) bond motifs is 1. The molecule has 4 aromatic rings. The Bertz CT molecular complexity index is 915. The molecule has 2 heterocycles. The maximum atomic E-state index is 12.4. The molecule has 2 aromatic heterocycles. The van der Waals surface area contributed by atoms with Crippen molar-refractivity contribution >= 4 is 16.7 Å². The Kier molecular flexibility index (Phi) is 2.90. The van der Waals surface area contributed by atoms with Crippen molar-refractivity contribution in [2.24, 2.45) is 0 Å². The second kappa shape index (κ2) is 5.04. The average molecular weight is 287 g/mol. The predicted octanol–water partition coefficient (Wildman–Crippen LogP) is 4.66. The monoisotopic (exact) mass is 287 g/mol. The summed E-state index contributed by atoms with van der Waals surface area (Å²) in [6.45, 7) is 0. The van der Waals surface area contributed by atoms with Crippen molar-refractivity contribution in [3.05, 3.63) is 84.1 Å². The number of aromatic amines is 1. The van der Waals surface area contributed by atoms with E-state index in [1.54, 1.807) is 18.2 Å². The van der Waals surface area contributed by atoms with Crippen LogP contribution in [0.4, 0.5) is 0 Å². The number of H-pyrrole nitrogens is 1. The molecule has 0 fully saturated rings. The molecule has 0 amide bonds. The summed E-state index contributed by atoms with van der Waals surface area (Å²) >= 11 is 0. The van der Waals surface area contributed by atoms with Gasteiger partial charge in [0.05, 0.1) is 5.69 Å². The first-order valence-electron chi connectivity index (χ1n) is 7.09. The number of para-hydroxylation sites is 1. The third kappa shape index (κ3) is 2.13. The minimum absolute atomic E-state index is 0.108. The van der Waals surface area contributed by atoms with Crippen molar-refractivity contribution in [1.82, 2.24) is 4.98 Å². The first-order chi connectivity index (χ1) is 10.8. The lowest BCUT2D eigenvalue weighted by Crippen LogP contribution is -1.98. The van der Waals surface area contributed by atoms with Gasteiger partial charge >= 0.3 is 0 Å². The smallest absolute Gasteiger partial charge is 0.228 e. The molecule has 1 N–H and O–H groups in total. The molecule has 0 saturated heterocycles. The van der Waals surface area contributed by atoms with E-state index in [1.165, 1.54) is 0 Å². The van der Waals surface area contributed by atoms with Crippen molar-refractivity contribution in [2.45, 2.75) is 0 Å². The van der Waals surface area contributed by atoms with Gasteiger partial charge < -0.3 is 9.40 Å². The minimum atomic E-state index is -0.108. The van der Waals surface area contributed by atoms with Gasteiger partial charge in [0.2, 0.25) is 5.78 Å². The zero-order chi connectivity index (χ0) is 14.9. The number of furan rings is 1. The maximum absolute atomic E-state index is 12.4. The van der Waals surface area contributed by atoms with Crippen LogP contribution >= 0.6 is 0 Å². The molecule has 0 aliphatic heterocycles. The van der Waals surface area contributed by atoms with Crippen LogP contribution in [0.25, 0.3) is 22.4 Å². The van der Waals surface area contributed by atoms with Gasteiger partial charge in [0.1, 0.15) is 0 Å². The molecule has 0 aliphatic rings. The number of aromatic nitrogens is 1. The average Bonchev–Trinajstić information content (AvgIpc) is 3.21. The zero-order valence-electron chi connectivity index (χ0n) is 11.7. The molecule has 0 bridgehead atoms. The molecule has 2 aromatic carbocycles. The molecule has 0 aliphatic carbocycles. The quantitative estimate of drug-likeness (QED) is 0.557. The van der Waals surface area contributed by atoms with E-state index in [4.69, 9.17) is 4.42 Å². The largest absolute Gasteiger partial charge is 0.451 e. The lowest BCUT2D eigenvalue weighted by atomic mass is 10.1. The van der Waals surface area contributed by atoms with Gasteiger partial charge in [-0.2, -0.15) is 0 Å². The maximum Gasteiger partial charge on any atom is 0.228 e. The van der Waals surface area contributed by atoms with E-state index >= 15 is 0 Å². The topological polar surface area (TPSA) is 46.0 Å². The van der Waals surface area contributed by atoms with E-state index in [2.05, 4.69) is 4.98 Å². The standard InChI is InChI=1S/C19H13NO2/c21-19(13-6-2-1-3-7-13)18-11-10-17(22-18)16-12-14-8-4-5-9-15(14)20-16/h1-12,20H. The van der Waals surface area contributed by atoms with Gasteiger partial charge in [-0.05, 0) is 24.3 Å². The van der Waals surface area contributed by atoms with Crippen LogP contribution in [0.15, 0.2) is 77.2 Å². The number of hydrogen-bond donors (Lipinski definition) is 1. The molecule has 0 unspecified atom stereocenters. The minimum Gasteiger partial charge on any atom is -0.451 e. The van der Waals surface area contributed by atoms with Crippen molar-refractivity contribution in [3.63, 3.8) is 0 Å². The number of ketones is 1. The van der Waals surface area contributed by atoms with Crippen LogP contribution in [0, 0.1) is 0 Å². The third-order valence-electron chi connectivity index (χ3n) is 3.66. The number of benzene rings is 2. The van der Waals surface area contributed by atoms with Crippen LogP contribution in [0.3, 0.4) is 0 Å². The van der Waals surface area contributed by atoms with Gasteiger partial charge in [-0.3, -0.25) is 4.79 Å². The normalized spacial score (nSPS) is 10.9. The Balaban J connectivity index is 1.70. The van der Waals surface area contributed by atoms with E-state index in [0.29, 0.717) is 17.1 Å². The number of nitrogens with one attached hydrogen (secondary N) is 1. The highest BCUT2D eigenvalue weighted by atomic mass is 16.3. The summed E-state index contributed by atoms with van der Waals surface area (Å²) in [5.74, 6) is 0.901. The van der Waals surface area contributed by atoms with Gasteiger partial charge in [0, 0.05) is 16.5 Å². The van der Waals surface area contributed by atoms with Crippen LogP contribution in [0.2, 0.25) is 0 Å². The fourth-order valence-electron chi connectivity index (χ4n) is 2.54. The molecule has 22 heavy (non-hydrogen) atoms. The van der Waals surface area contributed by atoms with E-state index < -0.39 is 0 Å². The Morgan fingerprint density at radius 2 is 1.64 bits per heavy atom. The number of carbonyl (C=O) groups is 1. The lowest BCUT2D eigenvalue weighted by molar-refractivity contribution is 0.101. The molecule has 3 nitrogen and oxygen atoms in total. The molecule has 4 rings (SSSR count). The van der Waals surface area contributed by atoms with Crippen molar-refractivity contribution in [3.8, 4) is 11.5 Å². The van der Waals surface area contributed by atoms with Crippen LogP contribution in [-0.4, -0.2) is 10.8 Å². The molecule has 0 saturated carbocycles. The zero-order valence-corrected chi connectivity index (χ0v) is 11.7. The van der Waals surface area contributed by atoms with Gasteiger partial charge in [0.25, 0.3) is 0 Å². The summed E-state index contributed by atoms with van der Waals surface area (Å²) in [6, 6.07) is 22.7. The Labute approximate surface area is 127 Å². The number of hydrogen-bond acceptors (Lipinski definition) is 2. The van der Waals surface area contributed by atoms with E-state index in [9.17, 15) is 4.79 Å². The van der Waals surface area contributed by atoms with E-state index in [-0.39, 0.29) is 5.78 Å². The highest BCUT2D eigenvalue weighted by Crippen LogP contribution is 2.26. The Morgan fingerprint density at radius 1 is 0.864 bits per heavy atom. The molecule has 106 valence electrons. The summed E-state index contributed by atoms with van der Waals surface area (Å²) in [5.41, 5.74) is 2.54. The molecular formula is C19H13NO2. The van der Waals surface area contributed by atoms with Crippen molar-refractivity contribution in [2.75, 3.05) is 0 Å². The molecule has 3 heteroatoms. The summed E-state index contributed by atoms with van der Waals surface area (Å²) in [7, 11) is 0. The second-order valence-electron chi connectivity index (χ2n) is 5.13. The van der Waals surface area contributed by atoms with Gasteiger partial charge in [-0.15, -0.1) is 0 Å². The molecule has 0 spiro atoms. The molecular weight excluding hydrogens is 274 g/mol. The predicted molar refractivity (Wildman–Crippen MR) is 85.9 cm³/mol. The summed E-state index contributed by atoms with van der Waals surface area (Å²) in [4.78, 5) is 15.7. The SMILES string of the molecule is O=C(c1ccccc1)c1ccc(-c2cc3ccccc3[nH]2)o1. The van der Waals surface area contributed by atoms with E-state index in [1.807, 2.05) is 54.6 Å². The Morgan fingerprint density at radius 3 is 2.45 bits per heavy atom. The van der Waals surface area contributed by atoms with Gasteiger partial charge in [0.15, 0.2) is 11.5 Å². The lowest BCUT2D eigenvalue weighted by Gasteiger charge is -1.96. The van der Waals surface area contributed by atoms with Gasteiger partial charge in [-0.1, -0.05) is 48.5 Å².